The number of nitrogens with one attached hydrogen (secondary N) is 1. The van der Waals surface area contributed by atoms with E-state index in [1.54, 1.807) is 6.07 Å². The summed E-state index contributed by atoms with van der Waals surface area (Å²) in [4.78, 5) is 12.8. The van der Waals surface area contributed by atoms with Crippen molar-refractivity contribution in [1.82, 2.24) is 9.78 Å². The lowest BCUT2D eigenvalue weighted by molar-refractivity contribution is 0.101. The quantitative estimate of drug-likeness (QED) is 0.519. The summed E-state index contributed by atoms with van der Waals surface area (Å²) in [6.07, 6.45) is -1.57. The van der Waals surface area contributed by atoms with Crippen LogP contribution in [0.25, 0.3) is 0 Å². The van der Waals surface area contributed by atoms with Crippen LogP contribution in [0.15, 0.2) is 42.6 Å². The molecule has 0 aliphatic heterocycles. The van der Waals surface area contributed by atoms with Crippen molar-refractivity contribution in [2.45, 2.75) is 46.5 Å². The highest BCUT2D eigenvalue weighted by atomic mass is 19.3. The third kappa shape index (κ3) is 5.10. The van der Waals surface area contributed by atoms with E-state index in [0.29, 0.717) is 17.2 Å². The molecule has 0 atom stereocenters. The Morgan fingerprint density at radius 2 is 1.68 bits per heavy atom. The zero-order valence-corrected chi connectivity index (χ0v) is 18.6. The molecule has 0 spiro atoms. The molecular weight excluding hydrogens is 400 g/mol. The Balaban J connectivity index is 1.98. The Kier molecular flexibility index (Phi) is 6.15. The van der Waals surface area contributed by atoms with E-state index in [-0.39, 0.29) is 11.0 Å². The number of halogens is 2. The summed E-state index contributed by atoms with van der Waals surface area (Å²) in [5.41, 5.74) is 2.51. The fourth-order valence-electron chi connectivity index (χ4n) is 3.30. The van der Waals surface area contributed by atoms with Crippen LogP contribution in [0.5, 0.6) is 11.5 Å². The van der Waals surface area contributed by atoms with E-state index >= 15 is 0 Å². The summed E-state index contributed by atoms with van der Waals surface area (Å²) < 4.78 is 34.0. The van der Waals surface area contributed by atoms with Gasteiger partial charge in [0.2, 0.25) is 0 Å². The number of hydrogen-bond acceptors (Lipinski definition) is 3. The maximum absolute atomic E-state index is 13.3. The van der Waals surface area contributed by atoms with Gasteiger partial charge in [-0.25, -0.2) is 8.78 Å². The molecule has 1 N–H and O–H groups in total. The van der Waals surface area contributed by atoms with Gasteiger partial charge in [0.15, 0.2) is 5.75 Å². The van der Waals surface area contributed by atoms with Crippen LogP contribution in [0.4, 0.5) is 14.5 Å². The first-order valence-corrected chi connectivity index (χ1v) is 9.98. The molecule has 0 aliphatic carbocycles. The number of nitrogens with zero attached hydrogens (tertiary/aromatic N) is 2. The van der Waals surface area contributed by atoms with Gasteiger partial charge in [-0.05, 0) is 48.6 Å². The monoisotopic (exact) mass is 427 g/mol. The Morgan fingerprint density at radius 1 is 1.06 bits per heavy atom. The molecule has 0 bridgehead atoms. The lowest BCUT2D eigenvalue weighted by Gasteiger charge is -2.24. The van der Waals surface area contributed by atoms with Crippen molar-refractivity contribution in [3.63, 3.8) is 0 Å². The second-order valence-electron chi connectivity index (χ2n) is 8.71. The normalized spacial score (nSPS) is 11.6. The average Bonchev–Trinajstić information content (AvgIpc) is 3.05. The highest BCUT2D eigenvalue weighted by molar-refractivity contribution is 6.05. The van der Waals surface area contributed by atoms with E-state index in [1.165, 1.54) is 17.9 Å². The smallest absolute Gasteiger partial charge is 0.282 e. The van der Waals surface area contributed by atoms with Gasteiger partial charge in [0.05, 0.1) is 11.3 Å². The van der Waals surface area contributed by atoms with Gasteiger partial charge in [-0.3, -0.25) is 9.48 Å². The van der Waals surface area contributed by atoms with Gasteiger partial charge in [-0.2, -0.15) is 5.10 Å². The molecular formula is C24H27F2N3O2. The van der Waals surface area contributed by atoms with Crippen molar-refractivity contribution in [2.75, 3.05) is 5.32 Å². The van der Waals surface area contributed by atoms with Crippen LogP contribution in [0, 0.1) is 13.8 Å². The molecule has 0 saturated heterocycles. The average molecular weight is 427 g/mol. The topological polar surface area (TPSA) is 56.2 Å². The fourth-order valence-corrected chi connectivity index (χ4v) is 3.30. The van der Waals surface area contributed by atoms with Gasteiger partial charge in [0.1, 0.15) is 11.4 Å². The van der Waals surface area contributed by atoms with Gasteiger partial charge >= 0.3 is 0 Å². The van der Waals surface area contributed by atoms with Gasteiger partial charge in [-0.15, -0.1) is 0 Å². The van der Waals surface area contributed by atoms with Crippen molar-refractivity contribution in [3.8, 4) is 11.5 Å². The first-order chi connectivity index (χ1) is 14.5. The predicted molar refractivity (Wildman–Crippen MR) is 117 cm³/mol. The number of benzene rings is 2. The molecule has 31 heavy (non-hydrogen) atoms. The van der Waals surface area contributed by atoms with Crippen LogP contribution in [0.1, 0.15) is 59.9 Å². The van der Waals surface area contributed by atoms with Crippen LogP contribution < -0.4 is 10.1 Å². The summed E-state index contributed by atoms with van der Waals surface area (Å²) >= 11 is 0. The number of aromatic nitrogens is 2. The third-order valence-corrected chi connectivity index (χ3v) is 4.86. The molecule has 1 amide bonds. The maximum atomic E-state index is 13.3. The number of amides is 1. The largest absolute Gasteiger partial charge is 0.455 e. The fraction of sp³-hybridized carbons (Fsp3) is 0.333. The van der Waals surface area contributed by atoms with Crippen LogP contribution in [-0.2, 0) is 12.5 Å². The molecule has 164 valence electrons. The molecule has 0 saturated carbocycles. The van der Waals surface area contributed by atoms with Crippen molar-refractivity contribution < 1.29 is 18.3 Å². The van der Waals surface area contributed by atoms with E-state index < -0.39 is 18.0 Å². The highest BCUT2D eigenvalue weighted by Gasteiger charge is 2.24. The first kappa shape index (κ1) is 22.5. The Bertz CT molecular complexity index is 1110. The molecule has 1 aromatic heterocycles. The predicted octanol–water partition coefficient (Wildman–Crippen LogP) is 6.32. The summed E-state index contributed by atoms with van der Waals surface area (Å²) in [6.45, 7) is 10.2. The molecule has 0 aliphatic rings. The number of alkyl halides is 2. The number of anilines is 1. The SMILES string of the molecule is Cc1ccc(NC(=O)c2cn(C)nc2C(F)F)c(Oc2cc(C)ccc2C(C)(C)C)c1. The molecule has 5 nitrogen and oxygen atoms in total. The van der Waals surface area contributed by atoms with Crippen molar-refractivity contribution in [2.24, 2.45) is 7.05 Å². The van der Waals surface area contributed by atoms with E-state index in [2.05, 4.69) is 31.2 Å². The van der Waals surface area contributed by atoms with Crippen LogP contribution in [0.3, 0.4) is 0 Å². The molecule has 0 fully saturated rings. The van der Waals surface area contributed by atoms with E-state index in [0.717, 1.165) is 16.7 Å². The third-order valence-electron chi connectivity index (χ3n) is 4.86. The van der Waals surface area contributed by atoms with E-state index in [4.69, 9.17) is 4.74 Å². The summed E-state index contributed by atoms with van der Waals surface area (Å²) in [5.74, 6) is 0.451. The number of rotatable bonds is 5. The minimum atomic E-state index is -2.85. The minimum Gasteiger partial charge on any atom is -0.455 e. The zero-order chi connectivity index (χ0) is 22.9. The standard InChI is InChI=1S/C24H27F2N3O2/c1-14-7-9-17(24(3,4)5)19(11-14)31-20-12-15(2)8-10-18(20)27-23(30)16-13-29(6)28-21(16)22(25)26/h7-13,22H,1-6H3,(H,27,30). The Labute approximate surface area is 181 Å². The second kappa shape index (κ2) is 8.49. The summed E-state index contributed by atoms with van der Waals surface area (Å²) in [7, 11) is 1.49. The second-order valence-corrected chi connectivity index (χ2v) is 8.71. The van der Waals surface area contributed by atoms with Crippen LogP contribution in [0.2, 0.25) is 0 Å². The number of ether oxygens (including phenoxy) is 1. The number of aryl methyl sites for hydroxylation is 3. The maximum Gasteiger partial charge on any atom is 0.282 e. The highest BCUT2D eigenvalue weighted by Crippen LogP contribution is 2.38. The lowest BCUT2D eigenvalue weighted by Crippen LogP contribution is -2.15. The van der Waals surface area contributed by atoms with Crippen LogP contribution in [-0.4, -0.2) is 15.7 Å². The Morgan fingerprint density at radius 3 is 2.29 bits per heavy atom. The van der Waals surface area contributed by atoms with Gasteiger partial charge < -0.3 is 10.1 Å². The molecule has 2 aromatic carbocycles. The minimum absolute atomic E-state index is 0.155. The molecule has 1 heterocycles. The zero-order valence-electron chi connectivity index (χ0n) is 18.6. The molecule has 7 heteroatoms. The van der Waals surface area contributed by atoms with Crippen LogP contribution >= 0.6 is 0 Å². The van der Waals surface area contributed by atoms with Gasteiger partial charge in [0.25, 0.3) is 12.3 Å². The number of hydrogen-bond donors (Lipinski definition) is 1. The number of carbonyl (C=O) groups excluding carboxylic acids is 1. The first-order valence-electron chi connectivity index (χ1n) is 9.98. The number of carbonyl (C=O) groups is 1. The molecule has 3 rings (SSSR count). The molecule has 3 aromatic rings. The summed E-state index contributed by atoms with van der Waals surface area (Å²) in [6, 6.07) is 11.3. The van der Waals surface area contributed by atoms with E-state index in [9.17, 15) is 13.6 Å². The van der Waals surface area contributed by atoms with E-state index in [1.807, 2.05) is 44.2 Å². The molecule has 0 unspecified atom stereocenters. The Hall–Kier alpha value is -3.22. The van der Waals surface area contributed by atoms with Crippen molar-refractivity contribution >= 4 is 11.6 Å². The molecule has 0 radical (unpaired) electrons. The van der Waals surface area contributed by atoms with Gasteiger partial charge in [0, 0.05) is 18.8 Å². The van der Waals surface area contributed by atoms with Crippen molar-refractivity contribution in [1.29, 1.82) is 0 Å². The lowest BCUT2D eigenvalue weighted by atomic mass is 9.86. The van der Waals surface area contributed by atoms with Crippen molar-refractivity contribution in [3.05, 3.63) is 70.5 Å². The van der Waals surface area contributed by atoms with Gasteiger partial charge in [-0.1, -0.05) is 39.0 Å². The summed E-state index contributed by atoms with van der Waals surface area (Å²) in [5, 5.41) is 6.41.